The van der Waals surface area contributed by atoms with Crippen LogP contribution >= 0.6 is 0 Å². The fraction of sp³-hybridized carbons (Fsp3) is 0.667. The summed E-state index contributed by atoms with van der Waals surface area (Å²) in [5.41, 5.74) is 0.138. The Morgan fingerprint density at radius 1 is 1.80 bits per heavy atom. The Hall–Kier alpha value is -1.06. The molecule has 0 aromatic carbocycles. The Bertz CT molecular complexity index is 197. The normalized spacial score (nSPS) is 26.6. The molecule has 0 aromatic rings. The molecule has 1 rings (SSSR count). The maximum Gasteiger partial charge on any atom is 0.399 e. The number of cyclic esters (lactones) is 1. The van der Waals surface area contributed by atoms with Gasteiger partial charge in [-0.15, -0.1) is 0 Å². The van der Waals surface area contributed by atoms with Gasteiger partial charge in [-0.2, -0.15) is 4.74 Å². The summed E-state index contributed by atoms with van der Waals surface area (Å²) in [6.07, 6.45) is 0. The zero-order chi connectivity index (χ0) is 7.72. The van der Waals surface area contributed by atoms with Gasteiger partial charge in [-0.25, -0.2) is 4.79 Å². The second-order valence-electron chi connectivity index (χ2n) is 2.36. The summed E-state index contributed by atoms with van der Waals surface area (Å²) < 4.78 is 5.34. The molecular weight excluding hydrogens is 134 g/mol. The van der Waals surface area contributed by atoms with Gasteiger partial charge in [-0.1, -0.05) is 0 Å². The van der Waals surface area contributed by atoms with Crippen LogP contribution in [0.25, 0.3) is 0 Å². The third-order valence-corrected chi connectivity index (χ3v) is 1.48. The number of hydroxylamine groups is 1. The molecule has 1 heterocycles. The topological polar surface area (TPSA) is 52.4 Å². The molecule has 0 aliphatic carbocycles. The first kappa shape index (κ1) is 7.05. The van der Waals surface area contributed by atoms with Crippen LogP contribution in [0, 0.1) is 5.21 Å². The van der Waals surface area contributed by atoms with Crippen molar-refractivity contribution >= 4 is 11.7 Å². The number of rotatable bonds is 0. The quantitative estimate of drug-likeness (QED) is 0.270. The second-order valence-corrected chi connectivity index (χ2v) is 2.36. The van der Waals surface area contributed by atoms with E-state index < -0.39 is 5.97 Å². The highest BCUT2D eigenvalue weighted by molar-refractivity contribution is 6.33. The van der Waals surface area contributed by atoms with E-state index in [1.807, 2.05) is 0 Å². The minimum absolute atomic E-state index is 0.138. The molecule has 0 saturated carbocycles. The Morgan fingerprint density at radius 3 is 2.90 bits per heavy atom. The maximum atomic E-state index is 10.9. The van der Waals surface area contributed by atoms with Crippen LogP contribution in [0.2, 0.25) is 0 Å². The zero-order valence-corrected chi connectivity index (χ0v) is 5.96. The number of hydrogen-bond donors (Lipinski definition) is 0. The summed E-state index contributed by atoms with van der Waals surface area (Å²) in [5, 5.41) is 10.9. The van der Waals surface area contributed by atoms with E-state index in [9.17, 15) is 10.0 Å². The van der Waals surface area contributed by atoms with Gasteiger partial charge in [0.2, 0.25) is 0 Å². The predicted molar refractivity (Wildman–Crippen MR) is 34.7 cm³/mol. The smallest absolute Gasteiger partial charge is 0.399 e. The molecule has 1 aliphatic heterocycles. The molecule has 1 aliphatic rings. The third kappa shape index (κ3) is 0.964. The Balaban J connectivity index is 2.92. The average Bonchev–Trinajstić information content (AvgIpc) is 1.93. The molecule has 0 spiro atoms. The van der Waals surface area contributed by atoms with Crippen LogP contribution in [-0.4, -0.2) is 29.1 Å². The van der Waals surface area contributed by atoms with Crippen molar-refractivity contribution in [1.29, 1.82) is 0 Å². The van der Waals surface area contributed by atoms with Gasteiger partial charge in [0, 0.05) is 13.8 Å². The van der Waals surface area contributed by atoms with Crippen LogP contribution in [0.15, 0.2) is 0 Å². The first-order valence-electron chi connectivity index (χ1n) is 3.10. The molecule has 0 amide bonds. The van der Waals surface area contributed by atoms with E-state index in [1.165, 1.54) is 6.92 Å². The summed E-state index contributed by atoms with van der Waals surface area (Å²) in [6.45, 7) is 3.37. The van der Waals surface area contributed by atoms with Gasteiger partial charge in [-0.05, 0) is 0 Å². The molecule has 4 heteroatoms. The fourth-order valence-corrected chi connectivity index (χ4v) is 0.789. The summed E-state index contributed by atoms with van der Waals surface area (Å²) in [5.74, 6) is -0.506. The van der Waals surface area contributed by atoms with Gasteiger partial charge in [0.15, 0.2) is 12.6 Å². The van der Waals surface area contributed by atoms with Crippen molar-refractivity contribution in [2.75, 3.05) is 6.61 Å². The summed E-state index contributed by atoms with van der Waals surface area (Å²) in [7, 11) is 0. The molecule has 0 bridgehead atoms. The zero-order valence-electron chi connectivity index (χ0n) is 5.96. The summed E-state index contributed by atoms with van der Waals surface area (Å²) in [6, 6.07) is -0.238. The van der Waals surface area contributed by atoms with Crippen molar-refractivity contribution in [3.8, 4) is 0 Å². The van der Waals surface area contributed by atoms with E-state index in [4.69, 9.17) is 0 Å². The van der Waals surface area contributed by atoms with E-state index in [2.05, 4.69) is 4.74 Å². The van der Waals surface area contributed by atoms with Crippen molar-refractivity contribution in [3.63, 3.8) is 0 Å². The van der Waals surface area contributed by atoms with Crippen molar-refractivity contribution in [2.45, 2.75) is 19.9 Å². The standard InChI is InChI=1S/C6H9NO3/c1-4-3-10-6(8)5(2)7(4)9/h4H,3H2,1-2H3/t4-/m0/s1. The lowest BCUT2D eigenvalue weighted by Gasteiger charge is -2.18. The van der Waals surface area contributed by atoms with E-state index in [0.717, 1.165) is 0 Å². The highest BCUT2D eigenvalue weighted by atomic mass is 16.6. The minimum Gasteiger partial charge on any atom is -0.623 e. The van der Waals surface area contributed by atoms with Crippen molar-refractivity contribution in [1.82, 2.24) is 0 Å². The largest absolute Gasteiger partial charge is 0.623 e. The van der Waals surface area contributed by atoms with E-state index in [0.29, 0.717) is 4.74 Å². The van der Waals surface area contributed by atoms with E-state index >= 15 is 0 Å². The Labute approximate surface area is 58.7 Å². The van der Waals surface area contributed by atoms with Gasteiger partial charge >= 0.3 is 5.97 Å². The first-order chi connectivity index (χ1) is 4.63. The lowest BCUT2D eigenvalue weighted by Crippen LogP contribution is -2.39. The summed E-state index contributed by atoms with van der Waals surface area (Å²) >= 11 is 0. The van der Waals surface area contributed by atoms with Crippen LogP contribution in [0.5, 0.6) is 0 Å². The number of carbonyl (C=O) groups is 1. The van der Waals surface area contributed by atoms with Gasteiger partial charge in [0.25, 0.3) is 5.71 Å². The number of esters is 1. The molecule has 0 radical (unpaired) electrons. The molecule has 0 aromatic heterocycles. The van der Waals surface area contributed by atoms with Crippen LogP contribution < -0.4 is 0 Å². The number of ether oxygens (including phenoxy) is 1. The molecule has 56 valence electrons. The molecular formula is C6H9NO3. The van der Waals surface area contributed by atoms with Gasteiger partial charge in [0.1, 0.15) is 0 Å². The summed E-state index contributed by atoms with van der Waals surface area (Å²) in [4.78, 5) is 10.6. The van der Waals surface area contributed by atoms with Crippen LogP contribution in [0.4, 0.5) is 0 Å². The molecule has 0 unspecified atom stereocenters. The van der Waals surface area contributed by atoms with Crippen molar-refractivity contribution < 1.29 is 14.3 Å². The first-order valence-corrected chi connectivity index (χ1v) is 3.10. The Kier molecular flexibility index (Phi) is 1.61. The van der Waals surface area contributed by atoms with Gasteiger partial charge in [0.05, 0.1) is 0 Å². The van der Waals surface area contributed by atoms with E-state index in [-0.39, 0.29) is 18.4 Å². The third-order valence-electron chi connectivity index (χ3n) is 1.48. The fourth-order valence-electron chi connectivity index (χ4n) is 0.789. The van der Waals surface area contributed by atoms with Crippen molar-refractivity contribution in [2.24, 2.45) is 0 Å². The van der Waals surface area contributed by atoms with Crippen LogP contribution in [0.3, 0.4) is 0 Å². The number of carbonyl (C=O) groups excluding carboxylic acids is 1. The molecule has 0 saturated heterocycles. The minimum atomic E-state index is -0.506. The number of hydrogen-bond acceptors (Lipinski definition) is 3. The van der Waals surface area contributed by atoms with Crippen LogP contribution in [-0.2, 0) is 9.53 Å². The van der Waals surface area contributed by atoms with E-state index in [1.54, 1.807) is 6.92 Å². The number of nitrogens with zero attached hydrogens (tertiary/aromatic N) is 1. The molecule has 1 atom stereocenters. The van der Waals surface area contributed by atoms with Gasteiger partial charge in [-0.3, -0.25) is 0 Å². The lowest BCUT2D eigenvalue weighted by molar-refractivity contribution is -0.505. The van der Waals surface area contributed by atoms with Gasteiger partial charge < -0.3 is 9.94 Å². The van der Waals surface area contributed by atoms with Crippen molar-refractivity contribution in [3.05, 3.63) is 5.21 Å². The second kappa shape index (κ2) is 2.28. The SMILES string of the molecule is CC1=[N+]([O-])[C@@H](C)COC1=O. The average molecular weight is 143 g/mol. The molecule has 10 heavy (non-hydrogen) atoms. The predicted octanol–water partition coefficient (Wildman–Crippen LogP) is -0.0971. The molecule has 0 fully saturated rings. The monoisotopic (exact) mass is 143 g/mol. The molecule has 0 N–H and O–H groups in total. The molecule has 4 nitrogen and oxygen atoms in total. The lowest BCUT2D eigenvalue weighted by atomic mass is 10.3. The maximum absolute atomic E-state index is 10.9. The van der Waals surface area contributed by atoms with Crippen LogP contribution in [0.1, 0.15) is 13.8 Å². The highest BCUT2D eigenvalue weighted by Crippen LogP contribution is 2.00. The Morgan fingerprint density at radius 2 is 2.40 bits per heavy atom. The highest BCUT2D eigenvalue weighted by Gasteiger charge is 2.27.